The number of halogens is 1. The smallest absolute Gasteiger partial charge is 0.234 e. The van der Waals surface area contributed by atoms with Crippen LogP contribution in [0.1, 0.15) is 12.7 Å². The van der Waals surface area contributed by atoms with Crippen LogP contribution in [0.5, 0.6) is 0 Å². The highest BCUT2D eigenvalue weighted by Gasteiger charge is 2.12. The van der Waals surface area contributed by atoms with Gasteiger partial charge in [0.25, 0.3) is 0 Å². The van der Waals surface area contributed by atoms with E-state index in [-0.39, 0.29) is 17.5 Å². The van der Waals surface area contributed by atoms with Crippen LogP contribution in [0.25, 0.3) is 0 Å². The lowest BCUT2D eigenvalue weighted by atomic mass is 10.3. The molecule has 0 radical (unpaired) electrons. The van der Waals surface area contributed by atoms with Crippen molar-refractivity contribution in [3.05, 3.63) is 48.6 Å². The summed E-state index contributed by atoms with van der Waals surface area (Å²) in [6.45, 7) is 6.32. The van der Waals surface area contributed by atoms with E-state index in [0.29, 0.717) is 17.4 Å². The maximum atomic E-state index is 12.8. The van der Waals surface area contributed by atoms with E-state index in [9.17, 15) is 9.18 Å². The highest BCUT2D eigenvalue weighted by molar-refractivity contribution is 7.99. The molecule has 0 bridgehead atoms. The van der Waals surface area contributed by atoms with E-state index in [1.807, 2.05) is 11.5 Å². The monoisotopic (exact) mass is 320 g/mol. The Labute approximate surface area is 132 Å². The molecule has 0 atom stereocenters. The molecule has 1 N–H and O–H groups in total. The lowest BCUT2D eigenvalue weighted by molar-refractivity contribution is -0.113. The Bertz CT molecular complexity index is 654. The SMILES string of the molecule is C=CCn1c(CC)nnc1SCC(=O)Nc1ccc(F)cc1. The molecule has 1 amide bonds. The van der Waals surface area contributed by atoms with E-state index >= 15 is 0 Å². The third-order valence-electron chi connectivity index (χ3n) is 2.88. The van der Waals surface area contributed by atoms with Crippen LogP contribution in [0.2, 0.25) is 0 Å². The molecule has 0 unspecified atom stereocenters. The van der Waals surface area contributed by atoms with E-state index in [2.05, 4.69) is 22.1 Å². The molecule has 0 aliphatic heterocycles. The van der Waals surface area contributed by atoms with E-state index in [1.165, 1.54) is 36.0 Å². The molecule has 0 aliphatic rings. The summed E-state index contributed by atoms with van der Waals surface area (Å²) in [5.41, 5.74) is 0.564. The molecule has 0 spiro atoms. The summed E-state index contributed by atoms with van der Waals surface area (Å²) < 4.78 is 14.7. The number of aryl methyl sites for hydroxylation is 1. The molecule has 5 nitrogen and oxygen atoms in total. The zero-order valence-corrected chi connectivity index (χ0v) is 13.1. The maximum Gasteiger partial charge on any atom is 0.234 e. The lowest BCUT2D eigenvalue weighted by Gasteiger charge is -2.07. The third kappa shape index (κ3) is 4.17. The molecule has 116 valence electrons. The summed E-state index contributed by atoms with van der Waals surface area (Å²) in [6.07, 6.45) is 2.54. The number of amides is 1. The van der Waals surface area contributed by atoms with Crippen LogP contribution in [-0.2, 0) is 17.8 Å². The standard InChI is InChI=1S/C15H17FN4OS/c1-3-9-20-13(4-2)18-19-15(20)22-10-14(21)17-12-7-5-11(16)6-8-12/h3,5-8H,1,4,9-10H2,2H3,(H,17,21). The number of nitrogens with one attached hydrogen (secondary N) is 1. The molecule has 7 heteroatoms. The molecule has 2 aromatic rings. The Hall–Kier alpha value is -2.15. The molecule has 0 saturated heterocycles. The molecule has 1 aromatic heterocycles. The Kier molecular flexibility index (Phi) is 5.71. The predicted octanol–water partition coefficient (Wildman–Crippen LogP) is 2.90. The van der Waals surface area contributed by atoms with Gasteiger partial charge in [0.05, 0.1) is 5.75 Å². The van der Waals surface area contributed by atoms with E-state index in [4.69, 9.17) is 0 Å². The van der Waals surface area contributed by atoms with Crippen LogP contribution in [0.4, 0.5) is 10.1 Å². The summed E-state index contributed by atoms with van der Waals surface area (Å²) in [6, 6.07) is 5.65. The van der Waals surface area contributed by atoms with Gasteiger partial charge in [0, 0.05) is 18.7 Å². The van der Waals surface area contributed by atoms with Crippen molar-refractivity contribution in [1.29, 1.82) is 0 Å². The van der Waals surface area contributed by atoms with Crippen molar-refractivity contribution in [3.8, 4) is 0 Å². The second kappa shape index (κ2) is 7.74. The zero-order valence-electron chi connectivity index (χ0n) is 12.3. The Balaban J connectivity index is 1.94. The van der Waals surface area contributed by atoms with Crippen LogP contribution in [0, 0.1) is 5.82 Å². The first-order valence-electron chi connectivity index (χ1n) is 6.85. The third-order valence-corrected chi connectivity index (χ3v) is 3.85. The first-order chi connectivity index (χ1) is 10.6. The molecule has 2 rings (SSSR count). The molecular formula is C15H17FN4OS. The van der Waals surface area contributed by atoms with Gasteiger partial charge in [-0.25, -0.2) is 4.39 Å². The summed E-state index contributed by atoms with van der Waals surface area (Å²) >= 11 is 1.31. The van der Waals surface area contributed by atoms with Gasteiger partial charge in [-0.2, -0.15) is 0 Å². The first-order valence-corrected chi connectivity index (χ1v) is 7.83. The second-order valence-corrected chi connectivity index (χ2v) is 5.44. The van der Waals surface area contributed by atoms with Crippen molar-refractivity contribution in [2.45, 2.75) is 25.0 Å². The van der Waals surface area contributed by atoms with Crippen molar-refractivity contribution in [3.63, 3.8) is 0 Å². The highest BCUT2D eigenvalue weighted by Crippen LogP contribution is 2.18. The molecule has 0 fully saturated rings. The Morgan fingerprint density at radius 2 is 2.14 bits per heavy atom. The molecule has 0 saturated carbocycles. The number of rotatable bonds is 7. The molecule has 22 heavy (non-hydrogen) atoms. The quantitative estimate of drug-likeness (QED) is 0.629. The number of hydrogen-bond donors (Lipinski definition) is 1. The van der Waals surface area contributed by atoms with Gasteiger partial charge in [-0.1, -0.05) is 24.8 Å². The fourth-order valence-corrected chi connectivity index (χ4v) is 2.63. The van der Waals surface area contributed by atoms with Crippen molar-refractivity contribution in [1.82, 2.24) is 14.8 Å². The van der Waals surface area contributed by atoms with Gasteiger partial charge in [0.2, 0.25) is 5.91 Å². The summed E-state index contributed by atoms with van der Waals surface area (Å²) in [4.78, 5) is 11.9. The Morgan fingerprint density at radius 3 is 2.77 bits per heavy atom. The summed E-state index contributed by atoms with van der Waals surface area (Å²) in [5, 5.41) is 11.6. The predicted molar refractivity (Wildman–Crippen MR) is 85.4 cm³/mol. The van der Waals surface area contributed by atoms with Crippen LogP contribution in [0.3, 0.4) is 0 Å². The fourth-order valence-electron chi connectivity index (χ4n) is 1.86. The summed E-state index contributed by atoms with van der Waals surface area (Å²) in [5.74, 6) is 0.553. The van der Waals surface area contributed by atoms with Gasteiger partial charge < -0.3 is 9.88 Å². The highest BCUT2D eigenvalue weighted by atomic mass is 32.2. The minimum Gasteiger partial charge on any atom is -0.325 e. The molecular weight excluding hydrogens is 303 g/mol. The molecule has 0 aliphatic carbocycles. The van der Waals surface area contributed by atoms with Crippen molar-refractivity contribution in [2.24, 2.45) is 0 Å². The van der Waals surface area contributed by atoms with Crippen LogP contribution < -0.4 is 5.32 Å². The first kappa shape index (κ1) is 16.2. The van der Waals surface area contributed by atoms with Crippen LogP contribution in [0.15, 0.2) is 42.1 Å². The zero-order chi connectivity index (χ0) is 15.9. The minimum atomic E-state index is -0.336. The van der Waals surface area contributed by atoms with Gasteiger partial charge in [-0.3, -0.25) is 4.79 Å². The number of allylic oxidation sites excluding steroid dienone is 1. The van der Waals surface area contributed by atoms with Gasteiger partial charge in [-0.05, 0) is 24.3 Å². The van der Waals surface area contributed by atoms with Gasteiger partial charge in [0.15, 0.2) is 5.16 Å². The number of anilines is 1. The average molecular weight is 320 g/mol. The van der Waals surface area contributed by atoms with Crippen LogP contribution >= 0.6 is 11.8 Å². The van der Waals surface area contributed by atoms with Crippen molar-refractivity contribution >= 4 is 23.4 Å². The number of benzene rings is 1. The summed E-state index contributed by atoms with van der Waals surface area (Å²) in [7, 11) is 0. The van der Waals surface area contributed by atoms with E-state index in [0.717, 1.165) is 12.2 Å². The van der Waals surface area contributed by atoms with Gasteiger partial charge in [-0.15, -0.1) is 16.8 Å². The molecule has 1 heterocycles. The molecule has 1 aromatic carbocycles. The van der Waals surface area contributed by atoms with E-state index in [1.54, 1.807) is 6.08 Å². The fraction of sp³-hybridized carbons (Fsp3) is 0.267. The van der Waals surface area contributed by atoms with Crippen LogP contribution in [-0.4, -0.2) is 26.4 Å². The van der Waals surface area contributed by atoms with Gasteiger partial charge >= 0.3 is 0 Å². The number of carbonyl (C=O) groups excluding carboxylic acids is 1. The average Bonchev–Trinajstić information content (AvgIpc) is 2.90. The number of thioether (sulfide) groups is 1. The van der Waals surface area contributed by atoms with Crippen molar-refractivity contribution in [2.75, 3.05) is 11.1 Å². The van der Waals surface area contributed by atoms with Crippen molar-refractivity contribution < 1.29 is 9.18 Å². The Morgan fingerprint density at radius 1 is 1.41 bits per heavy atom. The van der Waals surface area contributed by atoms with Gasteiger partial charge in [0.1, 0.15) is 11.6 Å². The van der Waals surface area contributed by atoms with E-state index < -0.39 is 0 Å². The topological polar surface area (TPSA) is 59.8 Å². The number of hydrogen-bond acceptors (Lipinski definition) is 4. The largest absolute Gasteiger partial charge is 0.325 e. The maximum absolute atomic E-state index is 12.8. The number of nitrogens with zero attached hydrogens (tertiary/aromatic N) is 3. The second-order valence-electron chi connectivity index (χ2n) is 4.50. The minimum absolute atomic E-state index is 0.178. The number of aromatic nitrogens is 3. The number of carbonyl (C=O) groups is 1. The lowest BCUT2D eigenvalue weighted by Crippen LogP contribution is -2.14. The normalized spacial score (nSPS) is 10.5.